The van der Waals surface area contributed by atoms with E-state index in [0.717, 1.165) is 17.8 Å². The van der Waals surface area contributed by atoms with Crippen LogP contribution in [-0.2, 0) is 37.5 Å². The minimum atomic E-state index is -1.12. The molecule has 1 aromatic rings. The largest absolute Gasteiger partial charge is 0.650 e. The third kappa shape index (κ3) is 7.68. The third-order valence-electron chi connectivity index (χ3n) is 3.79. The Morgan fingerprint density at radius 3 is 2.42 bits per heavy atom. The van der Waals surface area contributed by atoms with Crippen LogP contribution in [-0.4, -0.2) is 33.1 Å². The molecule has 6 nitrogen and oxygen atoms in total. The average molecular weight is 430 g/mol. The summed E-state index contributed by atoms with van der Waals surface area (Å²) in [6.45, 7) is 7.93. The number of aromatic carboxylic acids is 1. The van der Waals surface area contributed by atoms with Crippen molar-refractivity contribution >= 4 is 23.2 Å². The van der Waals surface area contributed by atoms with Crippen LogP contribution in [0.1, 0.15) is 68.6 Å². The number of carbonyl (C=O) groups excluding carboxylic acids is 1. The van der Waals surface area contributed by atoms with Crippen molar-refractivity contribution < 1.29 is 52.5 Å². The zero-order chi connectivity index (χ0) is 17.6. The molecule has 1 rings (SSSR count). The van der Waals surface area contributed by atoms with Gasteiger partial charge in [0.1, 0.15) is 11.1 Å². The van der Waals surface area contributed by atoms with Crippen molar-refractivity contribution in [2.75, 3.05) is 0 Å². The number of carboxylic acid groups (broad SMARTS) is 1. The van der Waals surface area contributed by atoms with Gasteiger partial charge in [-0.1, -0.05) is 40.0 Å². The molecule has 0 saturated carbocycles. The van der Waals surface area contributed by atoms with Crippen LogP contribution in [0.4, 0.5) is 0 Å². The average Bonchev–Trinajstić information content (AvgIpc) is 2.96. The van der Waals surface area contributed by atoms with Gasteiger partial charge in [0.25, 0.3) is 0 Å². The second-order valence-corrected chi connectivity index (χ2v) is 7.07. The minimum absolute atomic E-state index is 0. The Bertz CT molecular complexity index is 536. The first kappa shape index (κ1) is 23.6. The number of nitrogens with zero attached hydrogens (tertiary/aromatic N) is 2. The van der Waals surface area contributed by atoms with E-state index < -0.39 is 12.1 Å². The molecule has 0 aromatic carbocycles. The van der Waals surface area contributed by atoms with Crippen molar-refractivity contribution in [3.8, 4) is 0 Å². The number of carbonyl (C=O) groups is 2. The molecule has 0 saturated heterocycles. The van der Waals surface area contributed by atoms with Gasteiger partial charge in [0.2, 0.25) is 0 Å². The van der Waals surface area contributed by atoms with Gasteiger partial charge in [-0.15, -0.1) is 17.4 Å². The van der Waals surface area contributed by atoms with Crippen LogP contribution in [0.5, 0.6) is 0 Å². The van der Waals surface area contributed by atoms with Crippen LogP contribution in [0, 0.1) is 11.8 Å². The van der Waals surface area contributed by atoms with E-state index in [2.05, 4.69) is 10.3 Å². The number of aliphatic hydroxyl groups is 1. The maximum Gasteiger partial charge on any atom is 0.355 e. The fraction of sp³-hybridized carbons (Fsp3) is 0.688. The number of rotatable bonds is 9. The Morgan fingerprint density at radius 1 is 1.33 bits per heavy atom. The van der Waals surface area contributed by atoms with Crippen LogP contribution < -0.4 is 0 Å². The summed E-state index contributed by atoms with van der Waals surface area (Å²) in [5, 5.41) is 25.1. The Kier molecular flexibility index (Phi) is 11.1. The number of amides is 1. The molecule has 1 radical (unpaired) electrons. The summed E-state index contributed by atoms with van der Waals surface area (Å²) >= 11 is 1.10. The van der Waals surface area contributed by atoms with Gasteiger partial charge in [0.15, 0.2) is 5.69 Å². The molecule has 24 heavy (non-hydrogen) atoms. The monoisotopic (exact) mass is 430 g/mol. The topological polar surface area (TPSA) is 102 Å². The first-order chi connectivity index (χ1) is 10.7. The zero-order valence-electron chi connectivity index (χ0n) is 14.6. The van der Waals surface area contributed by atoms with Crippen molar-refractivity contribution in [3.05, 3.63) is 21.4 Å². The Morgan fingerprint density at radius 2 is 1.96 bits per heavy atom. The zero-order valence-corrected chi connectivity index (χ0v) is 18.3. The molecule has 2 unspecified atom stereocenters. The number of aliphatic hydroxyl groups excluding tert-OH is 1. The Hall–Kier alpha value is -0.366. The van der Waals surface area contributed by atoms with E-state index in [1.807, 2.05) is 27.7 Å². The molecule has 0 aliphatic heterocycles. The molecule has 0 bridgehead atoms. The third-order valence-corrected chi connectivity index (χ3v) is 4.74. The summed E-state index contributed by atoms with van der Waals surface area (Å²) < 4.78 is 0. The van der Waals surface area contributed by atoms with Gasteiger partial charge in [-0.05, 0) is 18.8 Å². The van der Waals surface area contributed by atoms with Crippen LogP contribution in [0.15, 0.2) is 5.38 Å². The van der Waals surface area contributed by atoms with Gasteiger partial charge in [-0.3, -0.25) is 0 Å². The molecule has 0 fully saturated rings. The molecular formula is C16H25N2O4SY-. The Balaban J connectivity index is 0.00000529. The van der Waals surface area contributed by atoms with Gasteiger partial charge in [0, 0.05) is 38.1 Å². The standard InChI is InChI=1S/C16H26N2O4S.Y/c1-5-10(4)6-14(20)17-11(9(2)3)7-13(19)15-18-12(8-23-15)16(21)22;/h8-11,13,19H,5-7H2,1-4H3,(H2,17,20,21,22);/p-1/t10-,11?,13?;/m0./s1. The van der Waals surface area contributed by atoms with Gasteiger partial charge in [-0.2, -0.15) is 0 Å². The van der Waals surface area contributed by atoms with Crippen LogP contribution in [0.2, 0.25) is 0 Å². The predicted octanol–water partition coefficient (Wildman–Crippen LogP) is 3.62. The van der Waals surface area contributed by atoms with Crippen molar-refractivity contribution in [1.29, 1.82) is 0 Å². The first-order valence-electron chi connectivity index (χ1n) is 7.85. The summed E-state index contributed by atoms with van der Waals surface area (Å²) in [6.07, 6.45) is 0.681. The van der Waals surface area contributed by atoms with E-state index in [0.29, 0.717) is 17.3 Å². The minimum Gasteiger partial charge on any atom is -0.650 e. The smallest absolute Gasteiger partial charge is 0.355 e. The normalized spacial score (nSPS) is 14.6. The molecule has 1 heterocycles. The van der Waals surface area contributed by atoms with E-state index in [9.17, 15) is 14.7 Å². The van der Waals surface area contributed by atoms with Gasteiger partial charge < -0.3 is 20.3 Å². The number of carboxylic acids is 1. The van der Waals surface area contributed by atoms with E-state index in [1.165, 1.54) is 5.38 Å². The second-order valence-electron chi connectivity index (χ2n) is 6.18. The molecule has 0 spiro atoms. The molecule has 0 aliphatic rings. The SMILES string of the molecule is CC[C@H](C)CC(=O)[N-]C(CC(O)c1nc(C(=O)O)cs1)C(C)C.[Y]. The molecular weight excluding hydrogens is 405 g/mol. The molecule has 3 atom stereocenters. The van der Waals surface area contributed by atoms with E-state index in [-0.39, 0.29) is 62.7 Å². The summed E-state index contributed by atoms with van der Waals surface area (Å²) in [4.78, 5) is 26.7. The van der Waals surface area contributed by atoms with E-state index >= 15 is 0 Å². The molecule has 1 aromatic heterocycles. The molecule has 2 N–H and O–H groups in total. The van der Waals surface area contributed by atoms with Crippen molar-refractivity contribution in [2.24, 2.45) is 11.8 Å². The van der Waals surface area contributed by atoms with Gasteiger partial charge in [0.05, 0.1) is 5.91 Å². The molecule has 133 valence electrons. The number of hydrogen-bond donors (Lipinski definition) is 2. The van der Waals surface area contributed by atoms with E-state index in [1.54, 1.807) is 0 Å². The first-order valence-corrected chi connectivity index (χ1v) is 8.72. The fourth-order valence-electron chi connectivity index (χ4n) is 2.02. The number of hydrogen-bond acceptors (Lipinski definition) is 5. The maximum atomic E-state index is 12.0. The summed E-state index contributed by atoms with van der Waals surface area (Å²) in [7, 11) is 0. The second kappa shape index (κ2) is 11.3. The molecule has 1 amide bonds. The van der Waals surface area contributed by atoms with Gasteiger partial charge >= 0.3 is 5.97 Å². The number of aromatic nitrogens is 1. The Labute approximate surface area is 172 Å². The van der Waals surface area contributed by atoms with Crippen LogP contribution in [0.25, 0.3) is 5.32 Å². The molecule has 8 heteroatoms. The van der Waals surface area contributed by atoms with Crippen LogP contribution >= 0.6 is 11.3 Å². The predicted molar refractivity (Wildman–Crippen MR) is 89.7 cm³/mol. The van der Waals surface area contributed by atoms with Crippen molar-refractivity contribution in [2.45, 2.75) is 59.1 Å². The quantitative estimate of drug-likeness (QED) is 0.623. The number of thiazole rings is 1. The summed E-state index contributed by atoms with van der Waals surface area (Å²) in [6, 6.07) is -0.307. The molecule has 0 aliphatic carbocycles. The van der Waals surface area contributed by atoms with Gasteiger partial charge in [-0.25, -0.2) is 9.78 Å². The summed E-state index contributed by atoms with van der Waals surface area (Å²) in [5.41, 5.74) is -0.0741. The van der Waals surface area contributed by atoms with E-state index in [4.69, 9.17) is 5.11 Å². The fourth-order valence-corrected chi connectivity index (χ4v) is 2.81. The van der Waals surface area contributed by atoms with Crippen molar-refractivity contribution in [1.82, 2.24) is 4.98 Å². The maximum absolute atomic E-state index is 12.0. The summed E-state index contributed by atoms with van der Waals surface area (Å²) in [5.74, 6) is -0.866. The van der Waals surface area contributed by atoms with Crippen LogP contribution in [0.3, 0.4) is 0 Å². The van der Waals surface area contributed by atoms with Crippen molar-refractivity contribution in [3.63, 3.8) is 0 Å².